The molecule has 5 nitrogen and oxygen atoms in total. The number of nitrogens with zero attached hydrogens (tertiary/aromatic N) is 2. The van der Waals surface area contributed by atoms with Gasteiger partial charge in [0.15, 0.2) is 5.84 Å². The van der Waals surface area contributed by atoms with Crippen molar-refractivity contribution in [2.24, 2.45) is 10.9 Å². The Morgan fingerprint density at radius 3 is 2.57 bits per heavy atom. The molecule has 0 bridgehead atoms. The summed E-state index contributed by atoms with van der Waals surface area (Å²) >= 11 is 0. The molecule has 1 aromatic rings. The fraction of sp³-hybridized carbons (Fsp3) is 0.562. The molecule has 0 aromatic heterocycles. The molecule has 0 amide bonds. The van der Waals surface area contributed by atoms with Gasteiger partial charge in [-0.15, -0.1) is 0 Å². The summed E-state index contributed by atoms with van der Waals surface area (Å²) in [5.74, 6) is 1.17. The van der Waals surface area contributed by atoms with Crippen LogP contribution in [0.25, 0.3) is 0 Å². The van der Waals surface area contributed by atoms with Crippen LogP contribution in [-0.2, 0) is 6.42 Å². The Kier molecular flexibility index (Phi) is 5.87. The molecule has 1 aliphatic rings. The van der Waals surface area contributed by atoms with E-state index in [9.17, 15) is 0 Å². The largest absolute Gasteiger partial charge is 0.497 e. The first kappa shape index (κ1) is 15.6. The summed E-state index contributed by atoms with van der Waals surface area (Å²) in [6.07, 6.45) is 5.93. The van der Waals surface area contributed by atoms with E-state index in [0.29, 0.717) is 12.6 Å². The van der Waals surface area contributed by atoms with Crippen molar-refractivity contribution < 1.29 is 9.94 Å². The van der Waals surface area contributed by atoms with E-state index in [2.05, 4.69) is 22.2 Å². The molecule has 1 fully saturated rings. The molecular formula is C16H25N3O2. The summed E-state index contributed by atoms with van der Waals surface area (Å²) in [5.41, 5.74) is 6.97. The fourth-order valence-electron chi connectivity index (χ4n) is 2.96. The predicted molar refractivity (Wildman–Crippen MR) is 83.9 cm³/mol. The molecule has 0 spiro atoms. The molecule has 21 heavy (non-hydrogen) atoms. The molecule has 1 aliphatic carbocycles. The Hall–Kier alpha value is -1.75. The zero-order valence-corrected chi connectivity index (χ0v) is 12.7. The number of oxime groups is 1. The van der Waals surface area contributed by atoms with Crippen LogP contribution in [0.2, 0.25) is 0 Å². The second-order valence-corrected chi connectivity index (χ2v) is 5.60. The number of nitrogens with two attached hydrogens (primary N) is 1. The third-order valence-electron chi connectivity index (χ3n) is 4.18. The molecule has 0 saturated heterocycles. The summed E-state index contributed by atoms with van der Waals surface area (Å²) in [5, 5.41) is 11.9. The van der Waals surface area contributed by atoms with Gasteiger partial charge in [-0.2, -0.15) is 0 Å². The molecule has 0 unspecified atom stereocenters. The van der Waals surface area contributed by atoms with Gasteiger partial charge in [-0.1, -0.05) is 30.1 Å². The quantitative estimate of drug-likeness (QED) is 0.350. The average Bonchev–Trinajstić information content (AvgIpc) is 3.06. The molecule has 1 aromatic carbocycles. The Bertz CT molecular complexity index is 453. The minimum atomic E-state index is 0.289. The second kappa shape index (κ2) is 7.88. The number of methoxy groups -OCH3 is 1. The van der Waals surface area contributed by atoms with Crippen molar-refractivity contribution in [2.75, 3.05) is 20.2 Å². The number of hydrogen-bond donors (Lipinski definition) is 2. The van der Waals surface area contributed by atoms with E-state index in [1.54, 1.807) is 7.11 Å². The Balaban J connectivity index is 1.93. The molecular weight excluding hydrogens is 266 g/mol. The van der Waals surface area contributed by atoms with E-state index >= 15 is 0 Å². The van der Waals surface area contributed by atoms with Crippen LogP contribution >= 0.6 is 0 Å². The Labute approximate surface area is 126 Å². The van der Waals surface area contributed by atoms with Gasteiger partial charge in [-0.3, -0.25) is 4.90 Å². The van der Waals surface area contributed by atoms with E-state index in [1.165, 1.54) is 31.2 Å². The van der Waals surface area contributed by atoms with E-state index in [-0.39, 0.29) is 5.84 Å². The lowest BCUT2D eigenvalue weighted by atomic mass is 10.1. The van der Waals surface area contributed by atoms with Crippen LogP contribution in [0, 0.1) is 0 Å². The van der Waals surface area contributed by atoms with Crippen molar-refractivity contribution in [3.8, 4) is 5.75 Å². The van der Waals surface area contributed by atoms with Crippen LogP contribution in [-0.4, -0.2) is 42.2 Å². The Morgan fingerprint density at radius 2 is 2.00 bits per heavy atom. The number of rotatable bonds is 7. The van der Waals surface area contributed by atoms with Gasteiger partial charge in [0.25, 0.3) is 0 Å². The first-order valence-corrected chi connectivity index (χ1v) is 7.56. The summed E-state index contributed by atoms with van der Waals surface area (Å²) < 4.78 is 5.17. The maximum Gasteiger partial charge on any atom is 0.153 e. The highest BCUT2D eigenvalue weighted by molar-refractivity contribution is 5.81. The van der Waals surface area contributed by atoms with Crippen LogP contribution in [0.1, 0.15) is 31.2 Å². The maximum atomic E-state index is 8.79. The number of hydrogen-bond acceptors (Lipinski definition) is 4. The van der Waals surface area contributed by atoms with Crippen molar-refractivity contribution in [2.45, 2.75) is 38.1 Å². The van der Waals surface area contributed by atoms with E-state index in [1.807, 2.05) is 12.1 Å². The minimum absolute atomic E-state index is 0.289. The predicted octanol–water partition coefficient (Wildman–Crippen LogP) is 2.23. The fourth-order valence-corrected chi connectivity index (χ4v) is 2.96. The lowest BCUT2D eigenvalue weighted by Gasteiger charge is -2.28. The van der Waals surface area contributed by atoms with Gasteiger partial charge in [0.2, 0.25) is 0 Å². The molecule has 2 rings (SSSR count). The minimum Gasteiger partial charge on any atom is -0.497 e. The molecule has 0 atom stereocenters. The highest BCUT2D eigenvalue weighted by atomic mass is 16.5. The topological polar surface area (TPSA) is 71.1 Å². The van der Waals surface area contributed by atoms with Crippen molar-refractivity contribution in [1.29, 1.82) is 0 Å². The normalized spacial score (nSPS) is 16.6. The van der Waals surface area contributed by atoms with Gasteiger partial charge in [0, 0.05) is 12.6 Å². The molecule has 3 N–H and O–H groups in total. The second-order valence-electron chi connectivity index (χ2n) is 5.60. The van der Waals surface area contributed by atoms with Crippen molar-refractivity contribution in [3.63, 3.8) is 0 Å². The van der Waals surface area contributed by atoms with Crippen LogP contribution in [0.3, 0.4) is 0 Å². The van der Waals surface area contributed by atoms with Crippen molar-refractivity contribution >= 4 is 5.84 Å². The van der Waals surface area contributed by atoms with E-state index < -0.39 is 0 Å². The van der Waals surface area contributed by atoms with Gasteiger partial charge in [-0.25, -0.2) is 0 Å². The van der Waals surface area contributed by atoms with Gasteiger partial charge in [0.1, 0.15) is 5.75 Å². The lowest BCUT2D eigenvalue weighted by molar-refractivity contribution is 0.225. The average molecular weight is 291 g/mol. The van der Waals surface area contributed by atoms with Gasteiger partial charge in [-0.05, 0) is 37.0 Å². The van der Waals surface area contributed by atoms with Crippen LogP contribution in [0.15, 0.2) is 29.4 Å². The smallest absolute Gasteiger partial charge is 0.153 e. The maximum absolute atomic E-state index is 8.79. The van der Waals surface area contributed by atoms with Crippen molar-refractivity contribution in [3.05, 3.63) is 29.8 Å². The van der Waals surface area contributed by atoms with E-state index in [4.69, 9.17) is 15.7 Å². The number of ether oxygens (including phenoxy) is 1. The first-order valence-electron chi connectivity index (χ1n) is 7.56. The zero-order chi connectivity index (χ0) is 15.1. The molecule has 116 valence electrons. The highest BCUT2D eigenvalue weighted by Crippen LogP contribution is 2.23. The SMILES string of the molecule is COc1ccc(CCN(CC(N)=NO)C2CCCC2)cc1. The lowest BCUT2D eigenvalue weighted by Crippen LogP contribution is -2.41. The standard InChI is InChI=1S/C16H25N3O2/c1-21-15-8-6-13(7-9-15)10-11-19(12-16(17)18-20)14-4-2-3-5-14/h6-9,14,20H,2-5,10-12H2,1H3,(H2,17,18). The third kappa shape index (κ3) is 4.63. The van der Waals surface area contributed by atoms with E-state index in [0.717, 1.165) is 18.7 Å². The molecule has 0 radical (unpaired) electrons. The highest BCUT2D eigenvalue weighted by Gasteiger charge is 2.23. The van der Waals surface area contributed by atoms with Gasteiger partial charge >= 0.3 is 0 Å². The first-order chi connectivity index (χ1) is 10.2. The Morgan fingerprint density at radius 1 is 1.33 bits per heavy atom. The van der Waals surface area contributed by atoms with Gasteiger partial charge < -0.3 is 15.7 Å². The summed E-state index contributed by atoms with van der Waals surface area (Å²) in [6.45, 7) is 1.46. The number of benzene rings is 1. The zero-order valence-electron chi connectivity index (χ0n) is 12.7. The van der Waals surface area contributed by atoms with Crippen LogP contribution < -0.4 is 10.5 Å². The third-order valence-corrected chi connectivity index (χ3v) is 4.18. The molecule has 0 aliphatic heterocycles. The molecule has 0 heterocycles. The number of amidine groups is 1. The summed E-state index contributed by atoms with van der Waals surface area (Å²) in [6, 6.07) is 8.71. The summed E-state index contributed by atoms with van der Waals surface area (Å²) in [4.78, 5) is 2.34. The van der Waals surface area contributed by atoms with Crippen LogP contribution in [0.5, 0.6) is 5.75 Å². The summed E-state index contributed by atoms with van der Waals surface area (Å²) in [7, 11) is 1.67. The molecule has 5 heteroatoms. The van der Waals surface area contributed by atoms with Crippen LogP contribution in [0.4, 0.5) is 0 Å². The van der Waals surface area contributed by atoms with Crippen molar-refractivity contribution in [1.82, 2.24) is 4.90 Å². The monoisotopic (exact) mass is 291 g/mol. The molecule has 1 saturated carbocycles. The van der Waals surface area contributed by atoms with Gasteiger partial charge in [0.05, 0.1) is 13.7 Å².